The first-order valence-electron chi connectivity index (χ1n) is 5.30. The third-order valence-electron chi connectivity index (χ3n) is 2.69. The Hall–Kier alpha value is -2.16. The number of aldehydes is 1. The maximum Gasteiger partial charge on any atom is 0.150 e. The molecule has 0 bridgehead atoms. The molecule has 0 fully saturated rings. The van der Waals surface area contributed by atoms with Crippen LogP contribution in [0, 0.1) is 6.92 Å². The van der Waals surface area contributed by atoms with E-state index >= 15 is 0 Å². The molecule has 0 saturated carbocycles. The van der Waals surface area contributed by atoms with Gasteiger partial charge in [0.05, 0.1) is 13.3 Å². The number of carbonyl (C=O) groups is 1. The van der Waals surface area contributed by atoms with Crippen LogP contribution >= 0.6 is 0 Å². The standard InChI is InChI=1S/C14H13NO2/c1-10-3-4-11(5-13(10)9-16)12-6-14(17-2)8-15-7-12/h3-9H,1-2H3. The summed E-state index contributed by atoms with van der Waals surface area (Å²) >= 11 is 0. The van der Waals surface area contributed by atoms with E-state index in [4.69, 9.17) is 4.74 Å². The Balaban J connectivity index is 2.48. The van der Waals surface area contributed by atoms with Gasteiger partial charge in [-0.2, -0.15) is 0 Å². The molecule has 0 unspecified atom stereocenters. The number of aromatic nitrogens is 1. The Labute approximate surface area is 100 Å². The number of rotatable bonds is 3. The molecule has 17 heavy (non-hydrogen) atoms. The van der Waals surface area contributed by atoms with Crippen molar-refractivity contribution in [2.75, 3.05) is 7.11 Å². The zero-order chi connectivity index (χ0) is 12.3. The molecule has 0 spiro atoms. The molecular formula is C14H13NO2. The highest BCUT2D eigenvalue weighted by atomic mass is 16.5. The van der Waals surface area contributed by atoms with Gasteiger partial charge >= 0.3 is 0 Å². The molecule has 0 amide bonds. The van der Waals surface area contributed by atoms with E-state index in [1.54, 1.807) is 19.5 Å². The molecule has 2 aromatic rings. The van der Waals surface area contributed by atoms with Gasteiger partial charge in [-0.3, -0.25) is 9.78 Å². The van der Waals surface area contributed by atoms with Crippen LogP contribution in [0.1, 0.15) is 15.9 Å². The molecule has 0 aliphatic heterocycles. The molecule has 1 aromatic carbocycles. The number of ether oxygens (including phenoxy) is 1. The summed E-state index contributed by atoms with van der Waals surface area (Å²) in [6.07, 6.45) is 4.27. The minimum atomic E-state index is 0.699. The average Bonchev–Trinajstić information content (AvgIpc) is 2.39. The van der Waals surface area contributed by atoms with Crippen molar-refractivity contribution in [2.45, 2.75) is 6.92 Å². The summed E-state index contributed by atoms with van der Waals surface area (Å²) in [5, 5.41) is 0. The Morgan fingerprint density at radius 3 is 2.71 bits per heavy atom. The summed E-state index contributed by atoms with van der Waals surface area (Å²) in [6.45, 7) is 1.91. The Bertz CT molecular complexity index is 550. The van der Waals surface area contributed by atoms with Crippen LogP contribution in [0.25, 0.3) is 11.1 Å². The zero-order valence-corrected chi connectivity index (χ0v) is 9.81. The van der Waals surface area contributed by atoms with E-state index < -0.39 is 0 Å². The number of methoxy groups -OCH3 is 1. The zero-order valence-electron chi connectivity index (χ0n) is 9.81. The minimum absolute atomic E-state index is 0.699. The fourth-order valence-corrected chi connectivity index (χ4v) is 1.64. The van der Waals surface area contributed by atoms with Crippen LogP contribution in [-0.4, -0.2) is 18.4 Å². The number of nitrogens with zero attached hydrogens (tertiary/aromatic N) is 1. The smallest absolute Gasteiger partial charge is 0.150 e. The van der Waals surface area contributed by atoms with Crippen molar-refractivity contribution in [3.63, 3.8) is 0 Å². The predicted molar refractivity (Wildman–Crippen MR) is 66.3 cm³/mol. The number of aryl methyl sites for hydroxylation is 1. The maximum absolute atomic E-state index is 10.9. The molecule has 3 heteroatoms. The van der Waals surface area contributed by atoms with Gasteiger partial charge in [-0.05, 0) is 30.2 Å². The molecule has 0 aliphatic rings. The van der Waals surface area contributed by atoms with Crippen LogP contribution in [0.15, 0.2) is 36.7 Å². The van der Waals surface area contributed by atoms with Gasteiger partial charge in [0.1, 0.15) is 12.0 Å². The fraction of sp³-hybridized carbons (Fsp3) is 0.143. The first-order valence-corrected chi connectivity index (χ1v) is 5.30. The second-order valence-corrected chi connectivity index (χ2v) is 3.80. The normalized spacial score (nSPS) is 10.0. The second kappa shape index (κ2) is 4.78. The second-order valence-electron chi connectivity index (χ2n) is 3.80. The highest BCUT2D eigenvalue weighted by Gasteiger charge is 2.03. The molecule has 0 aliphatic carbocycles. The first-order chi connectivity index (χ1) is 8.24. The van der Waals surface area contributed by atoms with Crippen molar-refractivity contribution in [1.29, 1.82) is 0 Å². The maximum atomic E-state index is 10.9. The largest absolute Gasteiger partial charge is 0.495 e. The average molecular weight is 227 g/mol. The summed E-state index contributed by atoms with van der Waals surface area (Å²) in [4.78, 5) is 15.0. The van der Waals surface area contributed by atoms with Gasteiger partial charge in [-0.25, -0.2) is 0 Å². The number of pyridine rings is 1. The molecule has 0 N–H and O–H groups in total. The van der Waals surface area contributed by atoms with Crippen molar-refractivity contribution in [1.82, 2.24) is 4.98 Å². The topological polar surface area (TPSA) is 39.2 Å². The van der Waals surface area contributed by atoms with E-state index in [1.807, 2.05) is 31.2 Å². The van der Waals surface area contributed by atoms with Crippen LogP contribution < -0.4 is 4.74 Å². The van der Waals surface area contributed by atoms with Gasteiger partial charge in [0.25, 0.3) is 0 Å². The van der Waals surface area contributed by atoms with Gasteiger partial charge < -0.3 is 4.74 Å². The summed E-state index contributed by atoms with van der Waals surface area (Å²) in [6, 6.07) is 7.66. The molecule has 3 nitrogen and oxygen atoms in total. The van der Waals surface area contributed by atoms with Gasteiger partial charge in [-0.1, -0.05) is 12.1 Å². The molecule has 1 aromatic heterocycles. The van der Waals surface area contributed by atoms with E-state index in [2.05, 4.69) is 4.98 Å². The quantitative estimate of drug-likeness (QED) is 0.757. The lowest BCUT2D eigenvalue weighted by molar-refractivity contribution is 0.112. The third-order valence-corrected chi connectivity index (χ3v) is 2.69. The van der Waals surface area contributed by atoms with Gasteiger partial charge in [-0.15, -0.1) is 0 Å². The van der Waals surface area contributed by atoms with E-state index in [1.165, 1.54) is 0 Å². The lowest BCUT2D eigenvalue weighted by Gasteiger charge is -2.06. The molecule has 0 saturated heterocycles. The van der Waals surface area contributed by atoms with Crippen LogP contribution in [-0.2, 0) is 0 Å². The molecule has 0 atom stereocenters. The van der Waals surface area contributed by atoms with E-state index in [-0.39, 0.29) is 0 Å². The van der Waals surface area contributed by atoms with Crippen molar-refractivity contribution >= 4 is 6.29 Å². The number of benzene rings is 1. The van der Waals surface area contributed by atoms with Gasteiger partial charge in [0.15, 0.2) is 0 Å². The van der Waals surface area contributed by atoms with Gasteiger partial charge in [0.2, 0.25) is 0 Å². The number of hydrogen-bond acceptors (Lipinski definition) is 3. The summed E-state index contributed by atoms with van der Waals surface area (Å²) in [7, 11) is 1.60. The SMILES string of the molecule is COc1cncc(-c2ccc(C)c(C=O)c2)c1. The highest BCUT2D eigenvalue weighted by Crippen LogP contribution is 2.24. The minimum Gasteiger partial charge on any atom is -0.495 e. The van der Waals surface area contributed by atoms with Crippen molar-refractivity contribution in [3.05, 3.63) is 47.8 Å². The van der Waals surface area contributed by atoms with Crippen LogP contribution in [0.3, 0.4) is 0 Å². The number of carbonyl (C=O) groups excluding carboxylic acids is 1. The predicted octanol–water partition coefficient (Wildman–Crippen LogP) is 2.88. The molecule has 0 radical (unpaired) electrons. The van der Waals surface area contributed by atoms with Crippen LogP contribution in [0.5, 0.6) is 5.75 Å². The third kappa shape index (κ3) is 2.33. The van der Waals surface area contributed by atoms with Crippen molar-refractivity contribution < 1.29 is 9.53 Å². The van der Waals surface area contributed by atoms with Crippen molar-refractivity contribution in [2.24, 2.45) is 0 Å². The van der Waals surface area contributed by atoms with Crippen LogP contribution in [0.4, 0.5) is 0 Å². The Morgan fingerprint density at radius 1 is 1.18 bits per heavy atom. The summed E-state index contributed by atoms with van der Waals surface area (Å²) in [5.74, 6) is 0.704. The van der Waals surface area contributed by atoms with E-state index in [0.717, 1.165) is 23.0 Å². The number of hydrogen-bond donors (Lipinski definition) is 0. The highest BCUT2D eigenvalue weighted by molar-refractivity contribution is 5.81. The monoisotopic (exact) mass is 227 g/mol. The molecular weight excluding hydrogens is 214 g/mol. The van der Waals surface area contributed by atoms with Crippen molar-refractivity contribution in [3.8, 4) is 16.9 Å². The Kier molecular flexibility index (Phi) is 3.19. The fourth-order valence-electron chi connectivity index (χ4n) is 1.64. The van der Waals surface area contributed by atoms with Crippen LogP contribution in [0.2, 0.25) is 0 Å². The molecule has 86 valence electrons. The Morgan fingerprint density at radius 2 is 2.00 bits per heavy atom. The molecule has 1 heterocycles. The first kappa shape index (κ1) is 11.3. The lowest BCUT2D eigenvalue weighted by atomic mass is 10.0. The summed E-state index contributed by atoms with van der Waals surface area (Å²) < 4.78 is 5.12. The van der Waals surface area contributed by atoms with E-state index in [9.17, 15) is 4.79 Å². The molecule has 2 rings (SSSR count). The lowest BCUT2D eigenvalue weighted by Crippen LogP contribution is -1.89. The summed E-state index contributed by atoms with van der Waals surface area (Å²) in [5.41, 5.74) is 3.57. The van der Waals surface area contributed by atoms with E-state index in [0.29, 0.717) is 11.3 Å². The van der Waals surface area contributed by atoms with Gasteiger partial charge in [0, 0.05) is 17.3 Å².